The highest BCUT2D eigenvalue weighted by molar-refractivity contribution is 5.96. The van der Waals surface area contributed by atoms with Gasteiger partial charge in [-0.1, -0.05) is 0 Å². The van der Waals surface area contributed by atoms with E-state index in [0.29, 0.717) is 11.3 Å². The van der Waals surface area contributed by atoms with Crippen LogP contribution in [-0.2, 0) is 0 Å². The summed E-state index contributed by atoms with van der Waals surface area (Å²) in [6, 6.07) is 9.93. The maximum absolute atomic E-state index is 12.4. The number of carbonyl (C=O) groups is 1. The van der Waals surface area contributed by atoms with Crippen molar-refractivity contribution in [1.82, 2.24) is 4.98 Å². The zero-order valence-electron chi connectivity index (χ0n) is 13.4. The van der Waals surface area contributed by atoms with Gasteiger partial charge in [0, 0.05) is 5.56 Å². The minimum atomic E-state index is -1.48. The van der Waals surface area contributed by atoms with E-state index in [0.717, 1.165) is 0 Å². The molecule has 0 unspecified atom stereocenters. The molecule has 9 heteroatoms. The molecule has 9 nitrogen and oxygen atoms in total. The summed E-state index contributed by atoms with van der Waals surface area (Å²) >= 11 is 0. The van der Waals surface area contributed by atoms with Crippen molar-refractivity contribution in [2.24, 2.45) is 0 Å². The highest BCUT2D eigenvalue weighted by atomic mass is 16.7. The van der Waals surface area contributed by atoms with Crippen LogP contribution in [0.1, 0.15) is 0 Å². The van der Waals surface area contributed by atoms with Gasteiger partial charge in [-0.3, -0.25) is 14.9 Å². The second kappa shape index (κ2) is 6.55. The molecule has 132 valence electrons. The van der Waals surface area contributed by atoms with Crippen molar-refractivity contribution in [3.63, 3.8) is 0 Å². The van der Waals surface area contributed by atoms with E-state index in [4.69, 9.17) is 9.84 Å². The number of aromatic amines is 1. The highest BCUT2D eigenvalue weighted by Crippen LogP contribution is 2.34. The first kappa shape index (κ1) is 17.0. The normalized spacial score (nSPS) is 10.5. The smallest absolute Gasteiger partial charge is 0.497 e. The van der Waals surface area contributed by atoms with Gasteiger partial charge in [0.25, 0.3) is 5.56 Å². The average Bonchev–Trinajstić information content (AvgIpc) is 2.61. The fraction of sp³-hybridized carbons (Fsp3) is 0.0588. The van der Waals surface area contributed by atoms with Crippen molar-refractivity contribution in [3.05, 3.63) is 62.9 Å². The third-order valence-electron chi connectivity index (χ3n) is 3.73. The van der Waals surface area contributed by atoms with Gasteiger partial charge < -0.3 is 19.6 Å². The molecule has 0 saturated carbocycles. The van der Waals surface area contributed by atoms with E-state index >= 15 is 0 Å². The lowest BCUT2D eigenvalue weighted by Crippen LogP contribution is -2.10. The predicted molar refractivity (Wildman–Crippen MR) is 91.9 cm³/mol. The summed E-state index contributed by atoms with van der Waals surface area (Å²) in [6.07, 6.45) is -1.48. The summed E-state index contributed by atoms with van der Waals surface area (Å²) in [5, 5.41) is 20.5. The molecule has 0 fully saturated rings. The number of nitrogens with zero attached hydrogens (tertiary/aromatic N) is 1. The van der Waals surface area contributed by atoms with Crippen molar-refractivity contribution in [2.45, 2.75) is 0 Å². The number of nitro groups is 1. The minimum absolute atomic E-state index is 0.0135. The van der Waals surface area contributed by atoms with Gasteiger partial charge in [-0.2, -0.15) is 0 Å². The Bertz CT molecular complexity index is 1070. The molecule has 1 heterocycles. The number of rotatable bonds is 4. The summed E-state index contributed by atoms with van der Waals surface area (Å²) in [4.78, 5) is 36.5. The van der Waals surface area contributed by atoms with Crippen molar-refractivity contribution in [2.75, 3.05) is 7.11 Å². The Morgan fingerprint density at radius 1 is 1.12 bits per heavy atom. The number of carboxylic acid groups (broad SMARTS) is 1. The molecule has 0 radical (unpaired) electrons. The first-order valence-electron chi connectivity index (χ1n) is 7.30. The number of H-pyrrole nitrogens is 1. The first-order valence-corrected chi connectivity index (χ1v) is 7.30. The number of methoxy groups -OCH3 is 1. The van der Waals surface area contributed by atoms with Gasteiger partial charge in [-0.05, 0) is 42.5 Å². The molecule has 0 atom stereocenters. The summed E-state index contributed by atoms with van der Waals surface area (Å²) in [5.41, 5.74) is -0.427. The molecule has 0 aliphatic heterocycles. The summed E-state index contributed by atoms with van der Waals surface area (Å²) in [7, 11) is 1.43. The van der Waals surface area contributed by atoms with Gasteiger partial charge in [0.1, 0.15) is 17.2 Å². The molecule has 1 aromatic heterocycles. The Morgan fingerprint density at radius 2 is 1.77 bits per heavy atom. The lowest BCUT2D eigenvalue weighted by molar-refractivity contribution is -0.382. The van der Waals surface area contributed by atoms with Gasteiger partial charge in [0.05, 0.1) is 22.8 Å². The van der Waals surface area contributed by atoms with Crippen LogP contribution in [0.3, 0.4) is 0 Å². The molecular weight excluding hydrogens is 344 g/mol. The molecule has 3 aromatic rings. The van der Waals surface area contributed by atoms with E-state index in [-0.39, 0.29) is 27.9 Å². The molecule has 0 aliphatic rings. The van der Waals surface area contributed by atoms with Gasteiger partial charge in [0.2, 0.25) is 0 Å². The van der Waals surface area contributed by atoms with Crippen LogP contribution in [0.25, 0.3) is 22.0 Å². The third kappa shape index (κ3) is 3.05. The molecule has 26 heavy (non-hydrogen) atoms. The molecule has 0 aliphatic carbocycles. The van der Waals surface area contributed by atoms with E-state index in [1.807, 2.05) is 0 Å². The minimum Gasteiger partial charge on any atom is -0.497 e. The molecule has 3 rings (SSSR count). The van der Waals surface area contributed by atoms with E-state index in [1.54, 1.807) is 0 Å². The number of pyridine rings is 1. The number of nitrogens with one attached hydrogen (secondary N) is 1. The van der Waals surface area contributed by atoms with Crippen molar-refractivity contribution in [1.29, 1.82) is 0 Å². The molecule has 2 N–H and O–H groups in total. The SMILES string of the molecule is COc1ccc2c([N+](=O)[O-])c(-c3ccc(OC(=O)O)cc3)[nH]c(=O)c2c1. The average molecular weight is 356 g/mol. The number of ether oxygens (including phenoxy) is 2. The summed E-state index contributed by atoms with van der Waals surface area (Å²) in [6.45, 7) is 0. The molecule has 0 saturated heterocycles. The number of hydrogen-bond donors (Lipinski definition) is 2. The van der Waals surface area contributed by atoms with E-state index < -0.39 is 16.6 Å². The number of aromatic nitrogens is 1. The van der Waals surface area contributed by atoms with E-state index in [1.165, 1.54) is 49.6 Å². The van der Waals surface area contributed by atoms with Crippen LogP contribution in [0.2, 0.25) is 0 Å². The lowest BCUT2D eigenvalue weighted by atomic mass is 10.0. The summed E-state index contributed by atoms with van der Waals surface area (Å²) < 4.78 is 9.55. The largest absolute Gasteiger partial charge is 0.511 e. The molecule has 0 bridgehead atoms. The number of hydrogen-bond acceptors (Lipinski definition) is 6. The first-order chi connectivity index (χ1) is 12.4. The van der Waals surface area contributed by atoms with Crippen LogP contribution in [0.15, 0.2) is 47.3 Å². The Balaban J connectivity index is 2.22. The van der Waals surface area contributed by atoms with Crippen molar-refractivity contribution in [3.8, 4) is 22.8 Å². The Hall–Kier alpha value is -3.88. The van der Waals surface area contributed by atoms with E-state index in [2.05, 4.69) is 9.72 Å². The topological polar surface area (TPSA) is 132 Å². The summed E-state index contributed by atoms with van der Waals surface area (Å²) in [5.74, 6) is 0.456. The highest BCUT2D eigenvalue weighted by Gasteiger charge is 2.23. The van der Waals surface area contributed by atoms with Crippen LogP contribution in [-0.4, -0.2) is 28.3 Å². The van der Waals surface area contributed by atoms with Gasteiger partial charge >= 0.3 is 11.8 Å². The third-order valence-corrected chi connectivity index (χ3v) is 3.73. The fourth-order valence-electron chi connectivity index (χ4n) is 2.61. The predicted octanol–water partition coefficient (Wildman–Crippen LogP) is 3.17. The van der Waals surface area contributed by atoms with Crippen LogP contribution in [0.4, 0.5) is 10.5 Å². The van der Waals surface area contributed by atoms with Crippen LogP contribution in [0, 0.1) is 10.1 Å². The fourth-order valence-corrected chi connectivity index (χ4v) is 2.61. The monoisotopic (exact) mass is 356 g/mol. The zero-order chi connectivity index (χ0) is 18.8. The van der Waals surface area contributed by atoms with Gasteiger partial charge in [0.15, 0.2) is 0 Å². The Morgan fingerprint density at radius 3 is 2.35 bits per heavy atom. The van der Waals surface area contributed by atoms with Crippen LogP contribution in [0.5, 0.6) is 11.5 Å². The lowest BCUT2D eigenvalue weighted by Gasteiger charge is -2.08. The number of benzene rings is 2. The standard InChI is InChI=1S/C17H12N2O7/c1-25-11-6-7-12-13(8-11)16(20)18-14(15(12)19(23)24)9-2-4-10(5-3-9)26-17(21)22/h2-8H,1H3,(H,18,20)(H,21,22). The molecule has 0 amide bonds. The van der Waals surface area contributed by atoms with Crippen molar-refractivity contribution >= 4 is 22.6 Å². The van der Waals surface area contributed by atoms with Crippen LogP contribution >= 0.6 is 0 Å². The maximum atomic E-state index is 12.4. The Kier molecular flexibility index (Phi) is 4.27. The van der Waals surface area contributed by atoms with Crippen LogP contribution < -0.4 is 15.0 Å². The second-order valence-corrected chi connectivity index (χ2v) is 5.24. The van der Waals surface area contributed by atoms with Gasteiger partial charge in [-0.25, -0.2) is 4.79 Å². The van der Waals surface area contributed by atoms with Crippen molar-refractivity contribution < 1.29 is 24.3 Å². The molecular formula is C17H12N2O7. The quantitative estimate of drug-likeness (QED) is 0.317. The second-order valence-electron chi connectivity index (χ2n) is 5.24. The van der Waals surface area contributed by atoms with Gasteiger partial charge in [-0.15, -0.1) is 0 Å². The molecule has 0 spiro atoms. The van der Waals surface area contributed by atoms with E-state index in [9.17, 15) is 19.7 Å². The zero-order valence-corrected chi connectivity index (χ0v) is 13.4. The maximum Gasteiger partial charge on any atom is 0.511 e. The Labute approximate surface area is 145 Å². The number of fused-ring (bicyclic) bond motifs is 1. The molecule has 2 aromatic carbocycles.